The zero-order valence-electron chi connectivity index (χ0n) is 17.0. The van der Waals surface area contributed by atoms with E-state index in [1.165, 1.54) is 6.92 Å². The predicted octanol–water partition coefficient (Wildman–Crippen LogP) is -5.33. The summed E-state index contributed by atoms with van der Waals surface area (Å²) >= 11 is 0. The molecule has 14 nitrogen and oxygen atoms in total. The summed E-state index contributed by atoms with van der Waals surface area (Å²) in [6.07, 6.45) is -17.5. The molecule has 0 saturated carbocycles. The first-order valence-corrected chi connectivity index (χ1v) is 9.76. The molecule has 0 bridgehead atoms. The van der Waals surface area contributed by atoms with Crippen LogP contribution in [0.2, 0.25) is 0 Å². The Labute approximate surface area is 178 Å². The molecule has 0 aromatic rings. The molecule has 9 unspecified atom stereocenters. The van der Waals surface area contributed by atoms with E-state index < -0.39 is 87.7 Å². The molecule has 0 aromatic heterocycles. The van der Waals surface area contributed by atoms with E-state index in [0.717, 1.165) is 0 Å². The fraction of sp³-hybridized carbons (Fsp3) is 1.00. The van der Waals surface area contributed by atoms with Crippen LogP contribution in [0.5, 0.6) is 0 Å². The molecular formula is C17H34O14. The Morgan fingerprint density at radius 2 is 1.52 bits per heavy atom. The molecular weight excluding hydrogens is 428 g/mol. The third-order valence-corrected chi connectivity index (χ3v) is 4.57. The van der Waals surface area contributed by atoms with Gasteiger partial charge in [0, 0.05) is 12.8 Å². The van der Waals surface area contributed by atoms with Gasteiger partial charge in [0.2, 0.25) is 0 Å². The summed E-state index contributed by atoms with van der Waals surface area (Å²) in [7, 11) is 0. The predicted molar refractivity (Wildman–Crippen MR) is 97.7 cm³/mol. The van der Waals surface area contributed by atoms with Crippen LogP contribution in [0.1, 0.15) is 19.8 Å². The average Bonchev–Trinajstić information content (AvgIpc) is 2.73. The first-order chi connectivity index (χ1) is 14.5. The number of rotatable bonds is 14. The molecule has 0 aliphatic carbocycles. The number of hydrogen-bond acceptors (Lipinski definition) is 14. The van der Waals surface area contributed by atoms with Crippen LogP contribution < -0.4 is 0 Å². The maximum atomic E-state index is 10.4. The van der Waals surface area contributed by atoms with E-state index in [-0.39, 0.29) is 12.8 Å². The van der Waals surface area contributed by atoms with Crippen molar-refractivity contribution in [1.82, 2.24) is 0 Å². The van der Waals surface area contributed by atoms with Gasteiger partial charge in [-0.15, -0.1) is 0 Å². The van der Waals surface area contributed by atoms with Crippen LogP contribution in [0.15, 0.2) is 0 Å². The van der Waals surface area contributed by atoms with Crippen LogP contribution in [-0.2, 0) is 18.9 Å². The molecule has 1 aliphatic heterocycles. The lowest BCUT2D eigenvalue weighted by atomic mass is 9.99. The van der Waals surface area contributed by atoms with Crippen LogP contribution in [0, 0.1) is 0 Å². The van der Waals surface area contributed by atoms with Gasteiger partial charge in [0.25, 0.3) is 0 Å². The van der Waals surface area contributed by atoms with Gasteiger partial charge in [-0.3, -0.25) is 0 Å². The van der Waals surface area contributed by atoms with Gasteiger partial charge < -0.3 is 70.0 Å². The van der Waals surface area contributed by atoms with Crippen LogP contribution in [0.3, 0.4) is 0 Å². The lowest BCUT2D eigenvalue weighted by molar-refractivity contribution is -0.358. The maximum absolute atomic E-state index is 10.4. The van der Waals surface area contributed by atoms with Gasteiger partial charge in [0.1, 0.15) is 42.7 Å². The average molecular weight is 462 g/mol. The quantitative estimate of drug-likeness (QED) is 0.108. The molecule has 1 fully saturated rings. The summed E-state index contributed by atoms with van der Waals surface area (Å²) in [6, 6.07) is 0. The summed E-state index contributed by atoms with van der Waals surface area (Å²) in [5.74, 6) is 0. The zero-order chi connectivity index (χ0) is 23.7. The Hall–Kier alpha value is -0.560. The van der Waals surface area contributed by atoms with Crippen molar-refractivity contribution in [3.05, 3.63) is 0 Å². The first kappa shape index (κ1) is 28.5. The Balaban J connectivity index is 2.85. The summed E-state index contributed by atoms with van der Waals surface area (Å²) in [5.41, 5.74) is 0. The van der Waals surface area contributed by atoms with Crippen molar-refractivity contribution in [3.63, 3.8) is 0 Å². The standard InChI is InChI=1S/C17H34O14/c1-7(21)16(28-9(5-19)8(22)4-18)31-15-10(6-20)29-17(14(27)13(15)26)30-12(25)3-2-11(23)24/h7-27H,2-6H2,1H3/t7?,8?,9?,10?,12-,13?,14?,15?,16?,17?/m0/s1. The van der Waals surface area contributed by atoms with Crippen molar-refractivity contribution in [2.75, 3.05) is 19.8 Å². The van der Waals surface area contributed by atoms with Gasteiger partial charge in [-0.2, -0.15) is 0 Å². The van der Waals surface area contributed by atoms with Gasteiger partial charge in [0.15, 0.2) is 25.2 Å². The van der Waals surface area contributed by atoms with Crippen molar-refractivity contribution in [2.45, 2.75) is 87.7 Å². The summed E-state index contributed by atoms with van der Waals surface area (Å²) in [4.78, 5) is 0. The SMILES string of the molecule is CC(O)C(OC(CO)C(O)CO)OC1C(CO)OC(O[C@H](O)CCC(O)O)C(O)C1O. The van der Waals surface area contributed by atoms with E-state index in [1.807, 2.05) is 0 Å². The highest BCUT2D eigenvalue weighted by molar-refractivity contribution is 4.91. The molecule has 1 heterocycles. The monoisotopic (exact) mass is 462 g/mol. The van der Waals surface area contributed by atoms with Crippen molar-refractivity contribution in [1.29, 1.82) is 0 Å². The molecule has 1 rings (SSSR count). The molecule has 10 atom stereocenters. The molecule has 31 heavy (non-hydrogen) atoms. The number of aliphatic hydroxyl groups is 10. The van der Waals surface area contributed by atoms with Crippen molar-refractivity contribution in [2.24, 2.45) is 0 Å². The highest BCUT2D eigenvalue weighted by Gasteiger charge is 2.48. The van der Waals surface area contributed by atoms with E-state index >= 15 is 0 Å². The fourth-order valence-electron chi connectivity index (χ4n) is 2.81. The minimum absolute atomic E-state index is 0.224. The second-order valence-corrected chi connectivity index (χ2v) is 7.17. The topological polar surface area (TPSA) is 239 Å². The summed E-state index contributed by atoms with van der Waals surface area (Å²) in [6.45, 7) is -0.988. The maximum Gasteiger partial charge on any atom is 0.189 e. The van der Waals surface area contributed by atoms with E-state index in [0.29, 0.717) is 0 Å². The third kappa shape index (κ3) is 8.71. The number of aliphatic hydroxyl groups excluding tert-OH is 9. The van der Waals surface area contributed by atoms with Crippen molar-refractivity contribution in [3.8, 4) is 0 Å². The molecule has 14 heteroatoms. The van der Waals surface area contributed by atoms with E-state index in [4.69, 9.17) is 34.3 Å². The third-order valence-electron chi connectivity index (χ3n) is 4.57. The molecule has 0 radical (unpaired) electrons. The molecule has 0 aromatic carbocycles. The van der Waals surface area contributed by atoms with Gasteiger partial charge in [-0.1, -0.05) is 0 Å². The van der Waals surface area contributed by atoms with Crippen LogP contribution in [-0.4, -0.2) is 139 Å². The smallest absolute Gasteiger partial charge is 0.189 e. The van der Waals surface area contributed by atoms with Gasteiger partial charge >= 0.3 is 0 Å². The Bertz CT molecular complexity index is 478. The van der Waals surface area contributed by atoms with Crippen LogP contribution >= 0.6 is 0 Å². The van der Waals surface area contributed by atoms with Gasteiger partial charge in [-0.05, 0) is 6.92 Å². The van der Waals surface area contributed by atoms with Gasteiger partial charge in [-0.25, -0.2) is 0 Å². The van der Waals surface area contributed by atoms with Crippen LogP contribution in [0.25, 0.3) is 0 Å². The normalized spacial score (nSPS) is 31.9. The van der Waals surface area contributed by atoms with Gasteiger partial charge in [0.05, 0.1) is 19.8 Å². The minimum Gasteiger partial charge on any atom is -0.394 e. The highest BCUT2D eigenvalue weighted by atomic mass is 16.8. The zero-order valence-corrected chi connectivity index (χ0v) is 17.0. The summed E-state index contributed by atoms with van der Waals surface area (Å²) < 4.78 is 21.1. The number of hydrogen-bond donors (Lipinski definition) is 10. The Morgan fingerprint density at radius 3 is 2.00 bits per heavy atom. The first-order valence-electron chi connectivity index (χ1n) is 9.76. The summed E-state index contributed by atoms with van der Waals surface area (Å²) in [5, 5.41) is 95.5. The molecule has 0 spiro atoms. The van der Waals surface area contributed by atoms with E-state index in [2.05, 4.69) is 0 Å². The second-order valence-electron chi connectivity index (χ2n) is 7.17. The molecule has 1 aliphatic rings. The molecule has 1 saturated heterocycles. The number of ether oxygens (including phenoxy) is 4. The molecule has 10 N–H and O–H groups in total. The molecule has 186 valence electrons. The van der Waals surface area contributed by atoms with E-state index in [1.54, 1.807) is 0 Å². The Morgan fingerprint density at radius 1 is 0.871 bits per heavy atom. The Kier molecular flexibility index (Phi) is 12.7. The largest absolute Gasteiger partial charge is 0.394 e. The van der Waals surface area contributed by atoms with Crippen LogP contribution in [0.4, 0.5) is 0 Å². The van der Waals surface area contributed by atoms with E-state index in [9.17, 15) is 35.7 Å². The van der Waals surface area contributed by atoms with Crippen molar-refractivity contribution >= 4 is 0 Å². The second kappa shape index (κ2) is 13.9. The van der Waals surface area contributed by atoms with Crippen molar-refractivity contribution < 1.29 is 70.0 Å². The fourth-order valence-corrected chi connectivity index (χ4v) is 2.81. The lowest BCUT2D eigenvalue weighted by Gasteiger charge is -2.43. The minimum atomic E-state index is -1.78. The highest BCUT2D eigenvalue weighted by Crippen LogP contribution is 2.27. The molecule has 0 amide bonds. The lowest BCUT2D eigenvalue weighted by Crippen LogP contribution is -2.62.